The van der Waals surface area contributed by atoms with E-state index in [0.29, 0.717) is 34.4 Å². The highest BCUT2D eigenvalue weighted by atomic mass is 31.2. The van der Waals surface area contributed by atoms with Crippen LogP contribution in [0.15, 0.2) is 48.5 Å². The van der Waals surface area contributed by atoms with Crippen LogP contribution in [0.3, 0.4) is 0 Å². The summed E-state index contributed by atoms with van der Waals surface area (Å²) in [6.45, 7) is 5.19. The van der Waals surface area contributed by atoms with E-state index >= 15 is 0 Å². The number of benzene rings is 3. The van der Waals surface area contributed by atoms with Crippen LogP contribution in [0.4, 0.5) is 8.78 Å². The molecule has 0 spiro atoms. The van der Waals surface area contributed by atoms with Crippen LogP contribution in [0, 0.1) is 25.5 Å². The lowest BCUT2D eigenvalue weighted by atomic mass is 10.0. The third-order valence-corrected chi connectivity index (χ3v) is 6.07. The van der Waals surface area contributed by atoms with Crippen molar-refractivity contribution in [1.82, 2.24) is 5.25 Å². The van der Waals surface area contributed by atoms with Crippen LogP contribution in [-0.4, -0.2) is 10.1 Å². The number of nitrogens with one attached hydrogen (secondary N) is 1. The molecule has 3 aromatic rings. The SMILES string of the molecule is CCc1ccc(-c2ccc(Oc3c(C)cc(P(=O)(O)NO)cc3C)cc2F)cc1F. The summed E-state index contributed by atoms with van der Waals surface area (Å²) in [6.07, 6.45) is 0.555. The summed E-state index contributed by atoms with van der Waals surface area (Å²) < 4.78 is 46.5. The molecule has 0 saturated heterocycles. The van der Waals surface area contributed by atoms with Crippen LogP contribution in [-0.2, 0) is 11.0 Å². The van der Waals surface area contributed by atoms with Crippen LogP contribution in [0.2, 0.25) is 0 Å². The molecule has 3 aromatic carbocycles. The van der Waals surface area contributed by atoms with Crippen molar-refractivity contribution in [3.8, 4) is 22.6 Å². The molecular formula is C22H22F2NO4P. The van der Waals surface area contributed by atoms with Crippen molar-refractivity contribution in [1.29, 1.82) is 0 Å². The fourth-order valence-electron chi connectivity index (χ4n) is 3.23. The van der Waals surface area contributed by atoms with Crippen LogP contribution in [0.1, 0.15) is 23.6 Å². The van der Waals surface area contributed by atoms with Gasteiger partial charge in [0.25, 0.3) is 0 Å². The van der Waals surface area contributed by atoms with Gasteiger partial charge in [-0.2, -0.15) is 0 Å². The van der Waals surface area contributed by atoms with Gasteiger partial charge in [-0.1, -0.05) is 19.1 Å². The Bertz CT molecular complexity index is 1130. The Kier molecular flexibility index (Phi) is 6.38. The maximum absolute atomic E-state index is 14.7. The number of halogens is 2. The predicted octanol–water partition coefficient (Wildman–Crippen LogP) is 5.39. The highest BCUT2D eigenvalue weighted by molar-refractivity contribution is 7.63. The first-order chi connectivity index (χ1) is 14.2. The number of ether oxygens (including phenoxy) is 1. The van der Waals surface area contributed by atoms with Crippen molar-refractivity contribution in [2.24, 2.45) is 0 Å². The zero-order chi connectivity index (χ0) is 22.1. The Morgan fingerprint density at radius 1 is 1.00 bits per heavy atom. The second kappa shape index (κ2) is 8.66. The lowest BCUT2D eigenvalue weighted by molar-refractivity contribution is 0.226. The van der Waals surface area contributed by atoms with Gasteiger partial charge in [-0.15, -0.1) is 5.25 Å². The standard InChI is InChI=1S/C22H22F2NO4P/c1-4-15-5-6-16(11-20(15)23)19-8-7-17(12-21(19)24)29-22-13(2)9-18(10-14(22)3)30(27,28)25-26/h5-12,26H,4H2,1-3H3,(H2,25,27,28). The number of aryl methyl sites for hydroxylation is 3. The van der Waals surface area contributed by atoms with Crippen LogP contribution in [0.5, 0.6) is 11.5 Å². The summed E-state index contributed by atoms with van der Waals surface area (Å²) in [4.78, 5) is 9.73. The summed E-state index contributed by atoms with van der Waals surface area (Å²) in [6, 6.07) is 11.8. The zero-order valence-electron chi connectivity index (χ0n) is 16.7. The lowest BCUT2D eigenvalue weighted by Gasteiger charge is -2.16. The molecule has 0 amide bonds. The molecule has 0 aliphatic heterocycles. The molecule has 1 unspecified atom stereocenters. The van der Waals surface area contributed by atoms with Gasteiger partial charge in [-0.05, 0) is 72.9 Å². The smallest absolute Gasteiger partial charge is 0.319 e. The second-order valence-electron chi connectivity index (χ2n) is 6.99. The Morgan fingerprint density at radius 3 is 2.20 bits per heavy atom. The molecule has 1 atom stereocenters. The average molecular weight is 433 g/mol. The maximum Gasteiger partial charge on any atom is 0.319 e. The van der Waals surface area contributed by atoms with E-state index in [9.17, 15) is 18.2 Å². The second-order valence-corrected chi connectivity index (χ2v) is 8.86. The van der Waals surface area contributed by atoms with Crippen molar-refractivity contribution < 1.29 is 28.2 Å². The quantitative estimate of drug-likeness (QED) is 0.359. The molecule has 0 heterocycles. The molecule has 0 aliphatic carbocycles. The van der Waals surface area contributed by atoms with Crippen LogP contribution in [0.25, 0.3) is 11.1 Å². The number of hydrogen-bond acceptors (Lipinski definition) is 3. The first kappa shape index (κ1) is 22.1. The molecular weight excluding hydrogens is 411 g/mol. The minimum absolute atomic E-state index is 0.0198. The summed E-state index contributed by atoms with van der Waals surface area (Å²) >= 11 is 0. The van der Waals surface area contributed by atoms with Crippen molar-refractivity contribution in [3.63, 3.8) is 0 Å². The Balaban J connectivity index is 1.91. The minimum atomic E-state index is -4.08. The molecule has 0 bridgehead atoms. The maximum atomic E-state index is 14.7. The van der Waals surface area contributed by atoms with E-state index in [1.807, 2.05) is 6.92 Å². The average Bonchev–Trinajstić information content (AvgIpc) is 2.70. The van der Waals surface area contributed by atoms with Gasteiger partial charge in [0.15, 0.2) is 0 Å². The Morgan fingerprint density at radius 2 is 1.67 bits per heavy atom. The molecule has 0 radical (unpaired) electrons. The van der Waals surface area contributed by atoms with Crippen molar-refractivity contribution in [2.75, 3.05) is 0 Å². The van der Waals surface area contributed by atoms with Gasteiger partial charge in [0.2, 0.25) is 0 Å². The van der Waals surface area contributed by atoms with E-state index < -0.39 is 13.3 Å². The van der Waals surface area contributed by atoms with Gasteiger partial charge >= 0.3 is 7.52 Å². The predicted molar refractivity (Wildman–Crippen MR) is 112 cm³/mol. The molecule has 8 heteroatoms. The monoisotopic (exact) mass is 433 g/mol. The van der Waals surface area contributed by atoms with Crippen LogP contribution < -0.4 is 15.3 Å². The molecule has 0 fully saturated rings. The molecule has 0 aliphatic rings. The van der Waals surface area contributed by atoms with Gasteiger partial charge in [-0.3, -0.25) is 4.57 Å². The van der Waals surface area contributed by atoms with E-state index in [1.165, 1.54) is 35.6 Å². The van der Waals surface area contributed by atoms with Crippen LogP contribution >= 0.6 is 7.52 Å². The third-order valence-electron chi connectivity index (χ3n) is 4.84. The van der Waals surface area contributed by atoms with Crippen molar-refractivity contribution in [2.45, 2.75) is 27.2 Å². The lowest BCUT2D eigenvalue weighted by Crippen LogP contribution is -2.16. The molecule has 3 rings (SSSR count). The first-order valence-corrected chi connectivity index (χ1v) is 10.9. The normalized spacial score (nSPS) is 13.2. The zero-order valence-corrected chi connectivity index (χ0v) is 17.6. The molecule has 5 nitrogen and oxygen atoms in total. The number of hydrogen-bond donors (Lipinski definition) is 3. The van der Waals surface area contributed by atoms with E-state index in [2.05, 4.69) is 0 Å². The Labute approximate surface area is 173 Å². The largest absolute Gasteiger partial charge is 0.457 e. The van der Waals surface area contributed by atoms with Gasteiger partial charge in [0, 0.05) is 11.6 Å². The minimum Gasteiger partial charge on any atom is -0.457 e. The first-order valence-electron chi connectivity index (χ1n) is 9.28. The molecule has 3 N–H and O–H groups in total. The molecule has 158 valence electrons. The summed E-state index contributed by atoms with van der Waals surface area (Å²) in [7, 11) is -4.08. The Hall–Kier alpha value is -2.57. The number of rotatable bonds is 6. The molecule has 30 heavy (non-hydrogen) atoms. The molecule has 0 saturated carbocycles. The van der Waals surface area contributed by atoms with E-state index in [0.717, 1.165) is 0 Å². The van der Waals surface area contributed by atoms with Gasteiger partial charge in [-0.25, -0.2) is 8.78 Å². The van der Waals surface area contributed by atoms with Crippen molar-refractivity contribution in [3.05, 3.63) is 76.9 Å². The summed E-state index contributed by atoms with van der Waals surface area (Å²) in [5.41, 5.74) is 2.33. The summed E-state index contributed by atoms with van der Waals surface area (Å²) in [5.74, 6) is -0.303. The van der Waals surface area contributed by atoms with Gasteiger partial charge in [0.1, 0.15) is 23.1 Å². The molecule has 0 aromatic heterocycles. The summed E-state index contributed by atoms with van der Waals surface area (Å²) in [5, 5.41) is 10.3. The third kappa shape index (κ3) is 4.45. The fourth-order valence-corrected chi connectivity index (χ4v) is 4.09. The highest BCUT2D eigenvalue weighted by Gasteiger charge is 2.22. The highest BCUT2D eigenvalue weighted by Crippen LogP contribution is 2.37. The van der Waals surface area contributed by atoms with E-state index in [1.54, 1.807) is 32.0 Å². The van der Waals surface area contributed by atoms with Gasteiger partial charge in [0.05, 0.1) is 5.30 Å². The van der Waals surface area contributed by atoms with Gasteiger partial charge < -0.3 is 14.8 Å². The van der Waals surface area contributed by atoms with E-state index in [4.69, 9.17) is 9.94 Å². The van der Waals surface area contributed by atoms with E-state index in [-0.39, 0.29) is 22.4 Å². The van der Waals surface area contributed by atoms with Crippen molar-refractivity contribution >= 4 is 12.8 Å². The topological polar surface area (TPSA) is 78.8 Å². The fraction of sp³-hybridized carbons (Fsp3) is 0.182.